The van der Waals surface area contributed by atoms with Crippen LogP contribution in [0.4, 0.5) is 21.5 Å². The third kappa shape index (κ3) is 5.01. The van der Waals surface area contributed by atoms with Crippen LogP contribution in [0.15, 0.2) is 47.4 Å². The minimum Gasteiger partial charge on any atom is -0.323 e. The van der Waals surface area contributed by atoms with Gasteiger partial charge in [0.1, 0.15) is 5.82 Å². The molecule has 2 aromatic rings. The summed E-state index contributed by atoms with van der Waals surface area (Å²) in [5.74, 6) is -2.64. The lowest BCUT2D eigenvalue weighted by Gasteiger charge is -2.20. The van der Waals surface area contributed by atoms with E-state index in [9.17, 15) is 32.5 Å². The minimum atomic E-state index is -3.65. The molecule has 1 aliphatic heterocycles. The highest BCUT2D eigenvalue weighted by atomic mass is 32.2. The number of anilines is 2. The quantitative estimate of drug-likeness (QED) is 0.459. The Morgan fingerprint density at radius 3 is 2.42 bits per heavy atom. The summed E-state index contributed by atoms with van der Waals surface area (Å²) in [6, 6.07) is 8.58. The number of amides is 2. The second-order valence-corrected chi connectivity index (χ2v) is 9.34. The molecule has 0 bridgehead atoms. The molecule has 0 radical (unpaired) electrons. The molecule has 1 aliphatic rings. The Bertz CT molecular complexity index is 1180. The number of non-ortho nitro benzene ring substituents is 1. The topological polar surface area (TPSA) is 130 Å². The Hall–Kier alpha value is -3.38. The van der Waals surface area contributed by atoms with Crippen molar-refractivity contribution in [2.75, 3.05) is 29.9 Å². The normalized spacial score (nSPS) is 16.3. The number of rotatable bonds is 8. The zero-order chi connectivity index (χ0) is 24.3. The van der Waals surface area contributed by atoms with E-state index in [2.05, 4.69) is 5.32 Å². The zero-order valence-electron chi connectivity index (χ0n) is 18.0. The number of benzene rings is 2. The molecule has 0 saturated carbocycles. The Morgan fingerprint density at radius 2 is 1.85 bits per heavy atom. The fraction of sp³-hybridized carbons (Fsp3) is 0.333. The Labute approximate surface area is 190 Å². The van der Waals surface area contributed by atoms with Crippen molar-refractivity contribution >= 4 is 38.9 Å². The fourth-order valence-corrected chi connectivity index (χ4v) is 5.06. The van der Waals surface area contributed by atoms with Crippen molar-refractivity contribution in [3.05, 3.63) is 58.4 Å². The third-order valence-corrected chi connectivity index (χ3v) is 7.47. The number of hydrogen-bond acceptors (Lipinski definition) is 6. The van der Waals surface area contributed by atoms with Gasteiger partial charge in [-0.25, -0.2) is 12.8 Å². The number of hydrogen-bond donors (Lipinski definition) is 1. The van der Waals surface area contributed by atoms with Crippen LogP contribution in [-0.4, -0.2) is 49.1 Å². The number of nitrogens with one attached hydrogen (secondary N) is 1. The van der Waals surface area contributed by atoms with Crippen LogP contribution in [0.2, 0.25) is 0 Å². The number of sulfonamides is 1. The van der Waals surface area contributed by atoms with Gasteiger partial charge in [0.15, 0.2) is 0 Å². The van der Waals surface area contributed by atoms with Crippen LogP contribution in [0.1, 0.15) is 20.3 Å². The summed E-state index contributed by atoms with van der Waals surface area (Å²) in [5.41, 5.74) is -0.294. The highest BCUT2D eigenvalue weighted by Crippen LogP contribution is 2.29. The van der Waals surface area contributed by atoms with Crippen molar-refractivity contribution in [2.24, 2.45) is 5.92 Å². The number of carbonyl (C=O) groups excluding carboxylic acids is 2. The van der Waals surface area contributed by atoms with Crippen LogP contribution >= 0.6 is 0 Å². The largest absolute Gasteiger partial charge is 0.323 e. The summed E-state index contributed by atoms with van der Waals surface area (Å²) < 4.78 is 40.5. The van der Waals surface area contributed by atoms with Crippen molar-refractivity contribution in [1.29, 1.82) is 0 Å². The van der Waals surface area contributed by atoms with Gasteiger partial charge < -0.3 is 10.2 Å². The molecule has 0 spiro atoms. The summed E-state index contributed by atoms with van der Waals surface area (Å²) in [5, 5.41) is 13.2. The second kappa shape index (κ2) is 9.63. The van der Waals surface area contributed by atoms with Crippen LogP contribution in [-0.2, 0) is 19.6 Å². The van der Waals surface area contributed by atoms with Crippen LogP contribution in [0, 0.1) is 21.8 Å². The van der Waals surface area contributed by atoms with Gasteiger partial charge in [-0.3, -0.25) is 19.7 Å². The first kappa shape index (κ1) is 24.3. The number of nitrogens with zero attached hydrogens (tertiary/aromatic N) is 3. The summed E-state index contributed by atoms with van der Waals surface area (Å²) in [7, 11) is -3.65. The van der Waals surface area contributed by atoms with Gasteiger partial charge in [-0.05, 0) is 30.3 Å². The van der Waals surface area contributed by atoms with Gasteiger partial charge in [0.05, 0.1) is 21.4 Å². The summed E-state index contributed by atoms with van der Waals surface area (Å²) >= 11 is 0. The molecular weight excluding hydrogens is 455 g/mol. The van der Waals surface area contributed by atoms with Crippen molar-refractivity contribution in [3.63, 3.8) is 0 Å². The third-order valence-electron chi connectivity index (χ3n) is 5.41. The Kier molecular flexibility index (Phi) is 7.08. The van der Waals surface area contributed by atoms with Gasteiger partial charge in [0, 0.05) is 43.9 Å². The molecule has 1 heterocycles. The van der Waals surface area contributed by atoms with Gasteiger partial charge in [0.25, 0.3) is 5.69 Å². The lowest BCUT2D eigenvalue weighted by molar-refractivity contribution is -0.384. The molecule has 10 nitrogen and oxygen atoms in total. The van der Waals surface area contributed by atoms with Gasteiger partial charge >= 0.3 is 0 Å². The number of carbonyl (C=O) groups is 2. The zero-order valence-corrected chi connectivity index (χ0v) is 18.8. The molecule has 1 atom stereocenters. The molecule has 1 saturated heterocycles. The van der Waals surface area contributed by atoms with Crippen LogP contribution in [0.5, 0.6) is 0 Å². The maximum Gasteiger partial charge on any atom is 0.271 e. The van der Waals surface area contributed by atoms with E-state index in [4.69, 9.17) is 0 Å². The van der Waals surface area contributed by atoms with Crippen molar-refractivity contribution in [2.45, 2.75) is 25.2 Å². The summed E-state index contributed by atoms with van der Waals surface area (Å²) in [6.07, 6.45) is -0.137. The lowest BCUT2D eigenvalue weighted by Crippen LogP contribution is -2.31. The van der Waals surface area contributed by atoms with Crippen molar-refractivity contribution in [1.82, 2.24) is 4.31 Å². The molecule has 176 valence electrons. The molecule has 0 aromatic heterocycles. The second-order valence-electron chi connectivity index (χ2n) is 7.40. The van der Waals surface area contributed by atoms with Gasteiger partial charge in [-0.15, -0.1) is 0 Å². The van der Waals surface area contributed by atoms with Crippen LogP contribution < -0.4 is 10.2 Å². The van der Waals surface area contributed by atoms with E-state index in [0.29, 0.717) is 18.8 Å². The minimum absolute atomic E-state index is 0.00333. The molecule has 0 aliphatic carbocycles. The van der Waals surface area contributed by atoms with Gasteiger partial charge in [0.2, 0.25) is 21.8 Å². The Balaban J connectivity index is 1.73. The first-order chi connectivity index (χ1) is 15.6. The first-order valence-corrected chi connectivity index (χ1v) is 11.7. The number of nitro benzene ring substituents is 1. The molecule has 2 amide bonds. The fourth-order valence-electron chi connectivity index (χ4n) is 3.60. The van der Waals surface area contributed by atoms with E-state index < -0.39 is 32.6 Å². The number of nitro groups is 1. The van der Waals surface area contributed by atoms with Crippen LogP contribution in [0.3, 0.4) is 0 Å². The summed E-state index contributed by atoms with van der Waals surface area (Å²) in [4.78, 5) is 36.7. The highest BCUT2D eigenvalue weighted by molar-refractivity contribution is 7.89. The van der Waals surface area contributed by atoms with E-state index in [0.717, 1.165) is 18.2 Å². The molecule has 2 aromatic carbocycles. The average Bonchev–Trinajstić information content (AvgIpc) is 3.17. The molecule has 3 rings (SSSR count). The maximum atomic E-state index is 14.0. The standard InChI is InChI=1S/C21H23FN4O6S/c1-3-24(4-2)33(31,32)17-8-5-15(6-9-17)25-13-14(11-20(25)27)21(28)23-19-12-16(26(29)30)7-10-18(19)22/h5-10,12,14H,3-4,11,13H2,1-2H3,(H,23,28). The Morgan fingerprint density at radius 1 is 1.21 bits per heavy atom. The van der Waals surface area contributed by atoms with Gasteiger partial charge in [-0.1, -0.05) is 13.8 Å². The average molecular weight is 479 g/mol. The van der Waals surface area contributed by atoms with Crippen molar-refractivity contribution < 1.29 is 27.3 Å². The van der Waals surface area contributed by atoms with E-state index in [1.807, 2.05) is 0 Å². The molecule has 1 unspecified atom stereocenters. The molecule has 33 heavy (non-hydrogen) atoms. The predicted molar refractivity (Wildman–Crippen MR) is 119 cm³/mol. The molecule has 12 heteroatoms. The van der Waals surface area contributed by atoms with Crippen molar-refractivity contribution in [3.8, 4) is 0 Å². The monoisotopic (exact) mass is 478 g/mol. The van der Waals surface area contributed by atoms with Gasteiger partial charge in [-0.2, -0.15) is 4.31 Å². The molecular formula is C21H23FN4O6S. The first-order valence-electron chi connectivity index (χ1n) is 10.2. The molecule has 1 fully saturated rings. The highest BCUT2D eigenvalue weighted by Gasteiger charge is 2.36. The van der Waals surface area contributed by atoms with E-state index >= 15 is 0 Å². The van der Waals surface area contributed by atoms with E-state index in [1.165, 1.54) is 33.5 Å². The predicted octanol–water partition coefficient (Wildman–Crippen LogP) is 2.76. The summed E-state index contributed by atoms with van der Waals surface area (Å²) in [6.45, 7) is 4.13. The maximum absolute atomic E-state index is 14.0. The molecule has 1 N–H and O–H groups in total. The van der Waals surface area contributed by atoms with E-state index in [1.54, 1.807) is 13.8 Å². The lowest BCUT2D eigenvalue weighted by atomic mass is 10.1. The van der Waals surface area contributed by atoms with Crippen LogP contribution in [0.25, 0.3) is 0 Å². The smallest absolute Gasteiger partial charge is 0.271 e. The van der Waals surface area contributed by atoms with E-state index in [-0.39, 0.29) is 35.1 Å². The number of halogens is 1. The SMILES string of the molecule is CCN(CC)S(=O)(=O)c1ccc(N2CC(C(=O)Nc3cc([N+](=O)[O-])ccc3F)CC2=O)cc1.